The first-order valence-electron chi connectivity index (χ1n) is 6.41. The Labute approximate surface area is 119 Å². The highest BCUT2D eigenvalue weighted by Crippen LogP contribution is 2.38. The SMILES string of the molecule is CNC(=S)N1CCC[C@H]1c1ccc(OC)cc1OC. The number of hydrogen-bond acceptors (Lipinski definition) is 3. The van der Waals surface area contributed by atoms with Crippen LogP contribution in [-0.4, -0.2) is 37.8 Å². The lowest BCUT2D eigenvalue weighted by Gasteiger charge is -2.28. The Morgan fingerprint density at radius 1 is 1.37 bits per heavy atom. The summed E-state index contributed by atoms with van der Waals surface area (Å²) in [6.07, 6.45) is 2.23. The molecule has 0 bridgehead atoms. The van der Waals surface area contributed by atoms with Crippen molar-refractivity contribution in [3.05, 3.63) is 23.8 Å². The van der Waals surface area contributed by atoms with Gasteiger partial charge in [0.1, 0.15) is 11.5 Å². The van der Waals surface area contributed by atoms with E-state index >= 15 is 0 Å². The van der Waals surface area contributed by atoms with Crippen molar-refractivity contribution in [2.45, 2.75) is 18.9 Å². The molecule has 1 heterocycles. The molecule has 104 valence electrons. The van der Waals surface area contributed by atoms with Gasteiger partial charge in [-0.15, -0.1) is 0 Å². The largest absolute Gasteiger partial charge is 0.497 e. The van der Waals surface area contributed by atoms with Crippen molar-refractivity contribution in [1.82, 2.24) is 10.2 Å². The molecular formula is C14H20N2O2S. The standard InChI is InChI=1S/C14H20N2O2S/c1-15-14(19)16-8-4-5-12(16)11-7-6-10(17-2)9-13(11)18-3/h6-7,9,12H,4-5,8H2,1-3H3,(H,15,19)/t12-/m0/s1. The van der Waals surface area contributed by atoms with Crippen LogP contribution < -0.4 is 14.8 Å². The molecule has 1 aromatic rings. The molecule has 0 spiro atoms. The molecule has 1 N–H and O–H groups in total. The van der Waals surface area contributed by atoms with E-state index in [1.807, 2.05) is 19.2 Å². The minimum atomic E-state index is 0.279. The average Bonchev–Trinajstić information content (AvgIpc) is 2.94. The number of rotatable bonds is 3. The van der Waals surface area contributed by atoms with E-state index in [0.717, 1.165) is 36.0 Å². The van der Waals surface area contributed by atoms with Gasteiger partial charge in [-0.3, -0.25) is 0 Å². The van der Waals surface area contributed by atoms with E-state index in [1.54, 1.807) is 14.2 Å². The Morgan fingerprint density at radius 2 is 2.16 bits per heavy atom. The summed E-state index contributed by atoms with van der Waals surface area (Å²) in [6, 6.07) is 6.24. The Kier molecular flexibility index (Phi) is 4.47. The van der Waals surface area contributed by atoms with E-state index in [2.05, 4.69) is 16.3 Å². The molecule has 0 radical (unpaired) electrons. The highest BCUT2D eigenvalue weighted by Gasteiger charge is 2.29. The van der Waals surface area contributed by atoms with Gasteiger partial charge in [-0.05, 0) is 37.2 Å². The van der Waals surface area contributed by atoms with Crippen molar-refractivity contribution in [1.29, 1.82) is 0 Å². The van der Waals surface area contributed by atoms with Gasteiger partial charge in [0.2, 0.25) is 0 Å². The highest BCUT2D eigenvalue weighted by molar-refractivity contribution is 7.80. The molecular weight excluding hydrogens is 260 g/mol. The molecule has 1 aliphatic heterocycles. The predicted octanol–water partition coefficient (Wildman–Crippen LogP) is 2.35. The number of benzene rings is 1. The van der Waals surface area contributed by atoms with Crippen LogP contribution in [0.2, 0.25) is 0 Å². The zero-order valence-corrected chi connectivity index (χ0v) is 12.4. The minimum Gasteiger partial charge on any atom is -0.497 e. The van der Waals surface area contributed by atoms with Gasteiger partial charge in [-0.2, -0.15) is 0 Å². The number of ether oxygens (including phenoxy) is 2. The molecule has 0 aromatic heterocycles. The summed E-state index contributed by atoms with van der Waals surface area (Å²) < 4.78 is 10.7. The van der Waals surface area contributed by atoms with Crippen LogP contribution in [-0.2, 0) is 0 Å². The zero-order valence-electron chi connectivity index (χ0n) is 11.6. The molecule has 1 saturated heterocycles. The molecule has 0 amide bonds. The van der Waals surface area contributed by atoms with Crippen LogP contribution in [0.3, 0.4) is 0 Å². The summed E-state index contributed by atoms with van der Waals surface area (Å²) in [4.78, 5) is 2.22. The van der Waals surface area contributed by atoms with E-state index in [1.165, 1.54) is 5.56 Å². The first-order valence-corrected chi connectivity index (χ1v) is 6.82. The van der Waals surface area contributed by atoms with Gasteiger partial charge in [0, 0.05) is 25.2 Å². The van der Waals surface area contributed by atoms with Crippen molar-refractivity contribution in [2.24, 2.45) is 0 Å². The van der Waals surface area contributed by atoms with Gasteiger partial charge in [-0.25, -0.2) is 0 Å². The second kappa shape index (κ2) is 6.10. The topological polar surface area (TPSA) is 33.7 Å². The number of nitrogens with zero attached hydrogens (tertiary/aromatic N) is 1. The first-order chi connectivity index (χ1) is 9.21. The maximum absolute atomic E-state index is 5.49. The van der Waals surface area contributed by atoms with Crippen molar-refractivity contribution in [3.8, 4) is 11.5 Å². The van der Waals surface area contributed by atoms with E-state index in [0.29, 0.717) is 0 Å². The molecule has 1 aromatic carbocycles. The van der Waals surface area contributed by atoms with Gasteiger partial charge >= 0.3 is 0 Å². The third kappa shape index (κ3) is 2.76. The highest BCUT2D eigenvalue weighted by atomic mass is 32.1. The number of nitrogens with one attached hydrogen (secondary N) is 1. The van der Waals surface area contributed by atoms with Crippen LogP contribution in [0.15, 0.2) is 18.2 Å². The summed E-state index contributed by atoms with van der Waals surface area (Å²) in [7, 11) is 5.21. The lowest BCUT2D eigenvalue weighted by Crippen LogP contribution is -2.37. The van der Waals surface area contributed by atoms with Crippen molar-refractivity contribution >= 4 is 17.3 Å². The molecule has 1 aliphatic rings. The third-order valence-electron chi connectivity index (χ3n) is 3.53. The van der Waals surface area contributed by atoms with Gasteiger partial charge in [0.05, 0.1) is 20.3 Å². The fourth-order valence-electron chi connectivity index (χ4n) is 2.57. The van der Waals surface area contributed by atoms with E-state index in [9.17, 15) is 0 Å². The second-order valence-corrected chi connectivity index (χ2v) is 4.90. The maximum atomic E-state index is 5.49. The molecule has 4 nitrogen and oxygen atoms in total. The van der Waals surface area contributed by atoms with Crippen molar-refractivity contribution in [3.63, 3.8) is 0 Å². The number of hydrogen-bond donors (Lipinski definition) is 1. The average molecular weight is 280 g/mol. The molecule has 1 fully saturated rings. The van der Waals surface area contributed by atoms with Gasteiger partial charge in [-0.1, -0.05) is 0 Å². The Morgan fingerprint density at radius 3 is 2.79 bits per heavy atom. The molecule has 19 heavy (non-hydrogen) atoms. The lowest BCUT2D eigenvalue weighted by atomic mass is 10.0. The first kappa shape index (κ1) is 13.9. The molecule has 0 unspecified atom stereocenters. The summed E-state index contributed by atoms with van der Waals surface area (Å²) in [5.41, 5.74) is 1.17. The van der Waals surface area contributed by atoms with Gasteiger partial charge in [0.25, 0.3) is 0 Å². The fraction of sp³-hybridized carbons (Fsp3) is 0.500. The normalized spacial score (nSPS) is 18.3. The molecule has 1 atom stereocenters. The summed E-state index contributed by atoms with van der Waals surface area (Å²) in [5, 5.41) is 3.85. The summed E-state index contributed by atoms with van der Waals surface area (Å²) >= 11 is 5.37. The Balaban J connectivity index is 2.32. The number of thiocarbonyl (C=S) groups is 1. The molecule has 0 saturated carbocycles. The van der Waals surface area contributed by atoms with Crippen molar-refractivity contribution in [2.75, 3.05) is 27.8 Å². The van der Waals surface area contributed by atoms with Crippen LogP contribution in [0.4, 0.5) is 0 Å². The van der Waals surface area contributed by atoms with E-state index in [-0.39, 0.29) is 6.04 Å². The smallest absolute Gasteiger partial charge is 0.169 e. The van der Waals surface area contributed by atoms with Crippen LogP contribution in [0, 0.1) is 0 Å². The van der Waals surface area contributed by atoms with E-state index < -0.39 is 0 Å². The summed E-state index contributed by atoms with van der Waals surface area (Å²) in [6.45, 7) is 0.986. The Hall–Kier alpha value is -1.49. The van der Waals surface area contributed by atoms with Crippen LogP contribution in [0.1, 0.15) is 24.4 Å². The van der Waals surface area contributed by atoms with Gasteiger partial charge < -0.3 is 19.7 Å². The minimum absolute atomic E-state index is 0.279. The van der Waals surface area contributed by atoms with Crippen molar-refractivity contribution < 1.29 is 9.47 Å². The molecule has 2 rings (SSSR count). The third-order valence-corrected chi connectivity index (χ3v) is 3.97. The fourth-order valence-corrected chi connectivity index (χ4v) is 2.79. The second-order valence-electron chi connectivity index (χ2n) is 4.51. The quantitative estimate of drug-likeness (QED) is 0.860. The predicted molar refractivity (Wildman–Crippen MR) is 79.9 cm³/mol. The zero-order chi connectivity index (χ0) is 13.8. The van der Waals surface area contributed by atoms with Crippen LogP contribution in [0.25, 0.3) is 0 Å². The Bertz CT molecular complexity index is 465. The van der Waals surface area contributed by atoms with Gasteiger partial charge in [0.15, 0.2) is 5.11 Å². The number of methoxy groups -OCH3 is 2. The monoisotopic (exact) mass is 280 g/mol. The van der Waals surface area contributed by atoms with Crippen LogP contribution >= 0.6 is 12.2 Å². The number of likely N-dealkylation sites (tertiary alicyclic amines) is 1. The molecule has 0 aliphatic carbocycles. The lowest BCUT2D eigenvalue weighted by molar-refractivity contribution is 0.358. The summed E-state index contributed by atoms with van der Waals surface area (Å²) in [5.74, 6) is 1.66. The van der Waals surface area contributed by atoms with E-state index in [4.69, 9.17) is 21.7 Å². The maximum Gasteiger partial charge on any atom is 0.169 e. The molecule has 5 heteroatoms. The van der Waals surface area contributed by atoms with Crippen LogP contribution in [0.5, 0.6) is 11.5 Å².